The van der Waals surface area contributed by atoms with E-state index in [9.17, 15) is 4.79 Å². The van der Waals surface area contributed by atoms with E-state index in [2.05, 4.69) is 22.0 Å². The van der Waals surface area contributed by atoms with E-state index < -0.39 is 0 Å². The average Bonchev–Trinajstić information content (AvgIpc) is 2.41. The van der Waals surface area contributed by atoms with Gasteiger partial charge in [-0.2, -0.15) is 0 Å². The van der Waals surface area contributed by atoms with Crippen LogP contribution >= 0.6 is 0 Å². The Balaban J connectivity index is 0.000000861. The van der Waals surface area contributed by atoms with Crippen LogP contribution in [0, 0.1) is 6.92 Å². The minimum atomic E-state index is 0.185. The summed E-state index contributed by atoms with van der Waals surface area (Å²) < 4.78 is 0. The molecule has 0 N–H and O–H groups in total. The highest BCUT2D eigenvalue weighted by molar-refractivity contribution is 5.73. The molecule has 2 heterocycles. The number of amides is 1. The largest absolute Gasteiger partial charge is 0.340 e. The first-order valence-electron chi connectivity index (χ1n) is 7.04. The highest BCUT2D eigenvalue weighted by Gasteiger charge is 2.18. The number of nitrogens with zero attached hydrogens (tertiary/aromatic N) is 3. The Bertz CT molecular complexity index is 398. The van der Waals surface area contributed by atoms with Gasteiger partial charge in [0.1, 0.15) is 0 Å². The number of pyridine rings is 1. The molecule has 106 valence electrons. The summed E-state index contributed by atoms with van der Waals surface area (Å²) in [7, 11) is 0. The summed E-state index contributed by atoms with van der Waals surface area (Å²) in [4.78, 5) is 19.7. The zero-order chi connectivity index (χ0) is 14.3. The van der Waals surface area contributed by atoms with Crippen molar-refractivity contribution in [3.8, 4) is 0 Å². The Morgan fingerprint density at radius 1 is 1.26 bits per heavy atom. The van der Waals surface area contributed by atoms with Crippen molar-refractivity contribution in [2.45, 2.75) is 34.2 Å². The molecule has 1 aliphatic rings. The van der Waals surface area contributed by atoms with Gasteiger partial charge in [0.05, 0.1) is 0 Å². The van der Waals surface area contributed by atoms with Crippen molar-refractivity contribution in [3.63, 3.8) is 0 Å². The van der Waals surface area contributed by atoms with Crippen LogP contribution in [-0.2, 0) is 11.3 Å². The first kappa shape index (κ1) is 15.6. The number of hydrogen-bond acceptors (Lipinski definition) is 3. The van der Waals surface area contributed by atoms with E-state index in [0.717, 1.165) is 38.4 Å². The smallest absolute Gasteiger partial charge is 0.219 e. The molecule has 1 aliphatic heterocycles. The molecule has 0 atom stereocenters. The number of hydrogen-bond donors (Lipinski definition) is 0. The van der Waals surface area contributed by atoms with Crippen LogP contribution < -0.4 is 0 Å². The molecule has 0 saturated carbocycles. The van der Waals surface area contributed by atoms with E-state index in [1.54, 1.807) is 6.92 Å². The molecular weight excluding hydrogens is 238 g/mol. The molecule has 1 fully saturated rings. The van der Waals surface area contributed by atoms with Crippen LogP contribution in [-0.4, -0.2) is 46.9 Å². The number of carbonyl (C=O) groups is 1. The van der Waals surface area contributed by atoms with Gasteiger partial charge in [0.2, 0.25) is 5.91 Å². The second-order valence-corrected chi connectivity index (χ2v) is 4.59. The maximum Gasteiger partial charge on any atom is 0.219 e. The van der Waals surface area contributed by atoms with Crippen molar-refractivity contribution in [3.05, 3.63) is 29.6 Å². The number of rotatable bonds is 2. The lowest BCUT2D eigenvalue weighted by Crippen LogP contribution is -2.47. The van der Waals surface area contributed by atoms with Gasteiger partial charge in [-0.15, -0.1) is 0 Å². The Kier molecular flexibility index (Phi) is 6.50. The summed E-state index contributed by atoms with van der Waals surface area (Å²) in [6, 6.07) is 4.18. The summed E-state index contributed by atoms with van der Waals surface area (Å²) in [5.74, 6) is 0.185. The van der Waals surface area contributed by atoms with Crippen molar-refractivity contribution in [1.82, 2.24) is 14.8 Å². The first-order valence-corrected chi connectivity index (χ1v) is 7.04. The lowest BCUT2D eigenvalue weighted by Gasteiger charge is -2.34. The van der Waals surface area contributed by atoms with Crippen molar-refractivity contribution < 1.29 is 4.79 Å². The van der Waals surface area contributed by atoms with Gasteiger partial charge in [0, 0.05) is 51.5 Å². The van der Waals surface area contributed by atoms with E-state index in [0.29, 0.717) is 0 Å². The molecular formula is C15H25N3O. The fourth-order valence-electron chi connectivity index (χ4n) is 2.18. The van der Waals surface area contributed by atoms with E-state index >= 15 is 0 Å². The van der Waals surface area contributed by atoms with Gasteiger partial charge in [-0.05, 0) is 24.6 Å². The zero-order valence-electron chi connectivity index (χ0n) is 12.5. The van der Waals surface area contributed by atoms with Crippen LogP contribution in [0.1, 0.15) is 32.0 Å². The maximum atomic E-state index is 11.2. The van der Waals surface area contributed by atoms with E-state index in [1.165, 1.54) is 5.56 Å². The third-order valence-corrected chi connectivity index (χ3v) is 3.18. The van der Waals surface area contributed by atoms with Gasteiger partial charge >= 0.3 is 0 Å². The Morgan fingerprint density at radius 2 is 1.89 bits per heavy atom. The van der Waals surface area contributed by atoms with Gasteiger partial charge in [-0.3, -0.25) is 14.7 Å². The van der Waals surface area contributed by atoms with E-state index in [4.69, 9.17) is 0 Å². The van der Waals surface area contributed by atoms with Crippen LogP contribution in [0.15, 0.2) is 18.3 Å². The van der Waals surface area contributed by atoms with Gasteiger partial charge in [-0.1, -0.05) is 13.8 Å². The van der Waals surface area contributed by atoms with Gasteiger partial charge in [0.15, 0.2) is 0 Å². The SMILES string of the molecule is CC.CC(=O)N1CCN(Cc2ccnc(C)c2)CC1. The van der Waals surface area contributed by atoms with E-state index in [1.807, 2.05) is 31.9 Å². The summed E-state index contributed by atoms with van der Waals surface area (Å²) >= 11 is 0. The predicted octanol–water partition coefficient (Wildman–Crippen LogP) is 2.08. The second kappa shape index (κ2) is 7.89. The number of aryl methyl sites for hydroxylation is 1. The number of aromatic nitrogens is 1. The first-order chi connectivity index (χ1) is 9.15. The van der Waals surface area contributed by atoms with Crippen molar-refractivity contribution in [2.24, 2.45) is 0 Å². The molecule has 0 spiro atoms. The Labute approximate surface area is 116 Å². The molecule has 1 aromatic heterocycles. The molecule has 0 bridgehead atoms. The molecule has 0 aliphatic carbocycles. The molecule has 0 radical (unpaired) electrons. The third kappa shape index (κ3) is 4.99. The monoisotopic (exact) mass is 263 g/mol. The highest BCUT2D eigenvalue weighted by atomic mass is 16.2. The fourth-order valence-corrected chi connectivity index (χ4v) is 2.18. The molecule has 0 unspecified atom stereocenters. The number of carbonyl (C=O) groups excluding carboxylic acids is 1. The van der Waals surface area contributed by atoms with Crippen LogP contribution in [0.3, 0.4) is 0 Å². The van der Waals surface area contributed by atoms with Gasteiger partial charge in [-0.25, -0.2) is 0 Å². The minimum absolute atomic E-state index is 0.185. The molecule has 19 heavy (non-hydrogen) atoms. The van der Waals surface area contributed by atoms with Crippen LogP contribution in [0.4, 0.5) is 0 Å². The van der Waals surface area contributed by atoms with Gasteiger partial charge < -0.3 is 4.90 Å². The molecule has 1 amide bonds. The average molecular weight is 263 g/mol. The topological polar surface area (TPSA) is 36.4 Å². The molecule has 1 aromatic rings. The standard InChI is InChI=1S/C13H19N3O.C2H6/c1-11-9-13(3-4-14-11)10-15-5-7-16(8-6-15)12(2)17;1-2/h3-4,9H,5-8,10H2,1-2H3;1-2H3. The maximum absolute atomic E-state index is 11.2. The highest BCUT2D eigenvalue weighted by Crippen LogP contribution is 2.09. The third-order valence-electron chi connectivity index (χ3n) is 3.18. The van der Waals surface area contributed by atoms with Crippen molar-refractivity contribution in [1.29, 1.82) is 0 Å². The molecule has 2 rings (SSSR count). The van der Waals surface area contributed by atoms with Crippen LogP contribution in [0.2, 0.25) is 0 Å². The molecule has 0 aromatic carbocycles. The Hall–Kier alpha value is -1.42. The van der Waals surface area contributed by atoms with Crippen LogP contribution in [0.25, 0.3) is 0 Å². The summed E-state index contributed by atoms with van der Waals surface area (Å²) in [6.45, 7) is 12.2. The number of piperazine rings is 1. The second-order valence-electron chi connectivity index (χ2n) is 4.59. The lowest BCUT2D eigenvalue weighted by atomic mass is 10.2. The summed E-state index contributed by atoms with van der Waals surface area (Å²) in [5.41, 5.74) is 2.36. The molecule has 4 heteroatoms. The van der Waals surface area contributed by atoms with Crippen molar-refractivity contribution in [2.75, 3.05) is 26.2 Å². The molecule has 4 nitrogen and oxygen atoms in total. The van der Waals surface area contributed by atoms with Gasteiger partial charge in [0.25, 0.3) is 0 Å². The Morgan fingerprint density at radius 3 is 2.42 bits per heavy atom. The zero-order valence-corrected chi connectivity index (χ0v) is 12.5. The molecule has 1 saturated heterocycles. The summed E-state index contributed by atoms with van der Waals surface area (Å²) in [6.07, 6.45) is 1.86. The summed E-state index contributed by atoms with van der Waals surface area (Å²) in [5, 5.41) is 0. The predicted molar refractivity (Wildman–Crippen MR) is 77.9 cm³/mol. The normalized spacial score (nSPS) is 15.7. The minimum Gasteiger partial charge on any atom is -0.340 e. The quantitative estimate of drug-likeness (QED) is 0.819. The fraction of sp³-hybridized carbons (Fsp3) is 0.600. The lowest BCUT2D eigenvalue weighted by molar-refractivity contribution is -0.130. The van der Waals surface area contributed by atoms with Crippen molar-refractivity contribution >= 4 is 5.91 Å². The van der Waals surface area contributed by atoms with E-state index in [-0.39, 0.29) is 5.91 Å². The van der Waals surface area contributed by atoms with Crippen LogP contribution in [0.5, 0.6) is 0 Å².